The molecule has 1 heteroatoms. The van der Waals surface area contributed by atoms with Crippen molar-refractivity contribution in [3.63, 3.8) is 0 Å². The third kappa shape index (κ3) is 3.19. The van der Waals surface area contributed by atoms with Crippen molar-refractivity contribution in [3.05, 3.63) is 35.9 Å². The van der Waals surface area contributed by atoms with E-state index in [1.807, 2.05) is 0 Å². The van der Waals surface area contributed by atoms with Crippen LogP contribution in [0, 0.1) is 5.92 Å². The smallest absolute Gasteiger partial charge is 0.0173 e. The highest BCUT2D eigenvalue weighted by Gasteiger charge is 2.20. The maximum atomic E-state index is 4.53. The van der Waals surface area contributed by atoms with Crippen molar-refractivity contribution >= 4 is 0 Å². The van der Waals surface area contributed by atoms with Gasteiger partial charge in [-0.15, -0.1) is 0 Å². The highest BCUT2D eigenvalue weighted by molar-refractivity contribution is 5.14. The Labute approximate surface area is 80.2 Å². The lowest BCUT2D eigenvalue weighted by Gasteiger charge is -2.00. The third-order valence-corrected chi connectivity index (χ3v) is 2.49. The molecule has 0 aromatic heterocycles. The number of hydrogen-bond acceptors (Lipinski definition) is 0. The van der Waals surface area contributed by atoms with Crippen LogP contribution < -0.4 is 5.32 Å². The summed E-state index contributed by atoms with van der Waals surface area (Å²) in [5.41, 5.74) is 1.40. The Morgan fingerprint density at radius 1 is 1.15 bits per heavy atom. The molecule has 0 aliphatic heterocycles. The predicted molar refractivity (Wildman–Crippen MR) is 54.7 cm³/mol. The highest BCUT2D eigenvalue weighted by atomic mass is 14.9. The van der Waals surface area contributed by atoms with Crippen LogP contribution in [-0.4, -0.2) is 13.1 Å². The summed E-state index contributed by atoms with van der Waals surface area (Å²) in [4.78, 5) is 0. The molecule has 0 saturated heterocycles. The van der Waals surface area contributed by atoms with Crippen molar-refractivity contribution in [1.29, 1.82) is 0 Å². The topological polar surface area (TPSA) is 14.1 Å². The zero-order chi connectivity index (χ0) is 8.93. The fraction of sp³-hybridized carbons (Fsp3) is 0.500. The number of rotatable bonds is 5. The molecule has 0 unspecified atom stereocenters. The van der Waals surface area contributed by atoms with Crippen molar-refractivity contribution in [2.45, 2.75) is 19.3 Å². The van der Waals surface area contributed by atoms with Gasteiger partial charge in [0.2, 0.25) is 0 Å². The Balaban J connectivity index is 1.61. The van der Waals surface area contributed by atoms with E-state index in [9.17, 15) is 0 Å². The quantitative estimate of drug-likeness (QED) is 0.608. The normalized spacial score (nSPS) is 16.0. The van der Waals surface area contributed by atoms with Crippen LogP contribution in [0.3, 0.4) is 0 Å². The predicted octanol–water partition coefficient (Wildman–Crippen LogP) is 2.24. The zero-order valence-corrected chi connectivity index (χ0v) is 7.95. The zero-order valence-electron chi connectivity index (χ0n) is 7.95. The first kappa shape index (κ1) is 8.76. The molecule has 1 saturated carbocycles. The molecule has 0 atom stereocenters. The van der Waals surface area contributed by atoms with Gasteiger partial charge in [0.1, 0.15) is 0 Å². The van der Waals surface area contributed by atoms with Gasteiger partial charge in [0.15, 0.2) is 0 Å². The summed E-state index contributed by atoms with van der Waals surface area (Å²) < 4.78 is 0. The van der Waals surface area contributed by atoms with Crippen molar-refractivity contribution < 1.29 is 0 Å². The minimum Gasteiger partial charge on any atom is -0.241 e. The van der Waals surface area contributed by atoms with Gasteiger partial charge >= 0.3 is 0 Å². The summed E-state index contributed by atoms with van der Waals surface area (Å²) in [7, 11) is 0. The van der Waals surface area contributed by atoms with Gasteiger partial charge in [-0.05, 0) is 30.7 Å². The second-order valence-electron chi connectivity index (χ2n) is 3.81. The molecule has 0 N–H and O–H groups in total. The van der Waals surface area contributed by atoms with Crippen LogP contribution in [0.4, 0.5) is 0 Å². The molecule has 1 radical (unpaired) electrons. The van der Waals surface area contributed by atoms with Crippen molar-refractivity contribution in [2.75, 3.05) is 13.1 Å². The van der Waals surface area contributed by atoms with Crippen LogP contribution in [-0.2, 0) is 6.42 Å². The van der Waals surface area contributed by atoms with E-state index in [0.717, 1.165) is 25.4 Å². The molecule has 0 spiro atoms. The molecular weight excluding hydrogens is 158 g/mol. The number of nitrogens with zero attached hydrogens (tertiary/aromatic N) is 1. The summed E-state index contributed by atoms with van der Waals surface area (Å²) in [5.74, 6) is 0.941. The Morgan fingerprint density at radius 3 is 2.62 bits per heavy atom. The van der Waals surface area contributed by atoms with Crippen LogP contribution in [0.2, 0.25) is 0 Å². The lowest BCUT2D eigenvalue weighted by atomic mass is 10.1. The second-order valence-corrected chi connectivity index (χ2v) is 3.81. The molecule has 2 rings (SSSR count). The minimum absolute atomic E-state index is 0.941. The molecule has 1 fully saturated rings. The fourth-order valence-corrected chi connectivity index (χ4v) is 1.43. The third-order valence-electron chi connectivity index (χ3n) is 2.49. The standard InChI is InChI=1S/C12H16N/c1-2-4-11(5-3-1)8-9-13-10-12-6-7-12/h1-5,12H,6-10H2. The number of hydrogen-bond donors (Lipinski definition) is 0. The average molecular weight is 174 g/mol. The van der Waals surface area contributed by atoms with Gasteiger partial charge in [0, 0.05) is 13.1 Å². The lowest BCUT2D eigenvalue weighted by molar-refractivity contribution is 0.625. The molecule has 0 bridgehead atoms. The molecule has 1 aliphatic carbocycles. The Hall–Kier alpha value is -0.820. The van der Waals surface area contributed by atoms with Crippen LogP contribution >= 0.6 is 0 Å². The summed E-state index contributed by atoms with van der Waals surface area (Å²) in [5, 5.41) is 4.53. The van der Waals surface area contributed by atoms with E-state index in [0.29, 0.717) is 0 Å². The van der Waals surface area contributed by atoms with Gasteiger partial charge in [0.05, 0.1) is 0 Å². The van der Waals surface area contributed by atoms with Gasteiger partial charge in [-0.3, -0.25) is 0 Å². The summed E-state index contributed by atoms with van der Waals surface area (Å²) >= 11 is 0. The molecule has 1 aliphatic rings. The lowest BCUT2D eigenvalue weighted by Crippen LogP contribution is -2.11. The van der Waals surface area contributed by atoms with Gasteiger partial charge in [0.25, 0.3) is 0 Å². The minimum atomic E-state index is 0.941. The average Bonchev–Trinajstić information content (AvgIpc) is 2.98. The fourth-order valence-electron chi connectivity index (χ4n) is 1.43. The largest absolute Gasteiger partial charge is 0.241 e. The SMILES string of the molecule is c1ccc(CC[N]CC2CC2)cc1. The van der Waals surface area contributed by atoms with E-state index in [4.69, 9.17) is 0 Å². The van der Waals surface area contributed by atoms with Gasteiger partial charge < -0.3 is 0 Å². The van der Waals surface area contributed by atoms with Gasteiger partial charge in [-0.25, -0.2) is 5.32 Å². The van der Waals surface area contributed by atoms with E-state index in [2.05, 4.69) is 35.6 Å². The van der Waals surface area contributed by atoms with E-state index in [1.54, 1.807) is 0 Å². The van der Waals surface area contributed by atoms with E-state index in [1.165, 1.54) is 18.4 Å². The van der Waals surface area contributed by atoms with Crippen LogP contribution in [0.15, 0.2) is 30.3 Å². The molecular formula is C12H16N. The first-order chi connectivity index (χ1) is 6.45. The molecule has 1 aromatic carbocycles. The Morgan fingerprint density at radius 2 is 1.92 bits per heavy atom. The van der Waals surface area contributed by atoms with Crippen LogP contribution in [0.5, 0.6) is 0 Å². The summed E-state index contributed by atoms with van der Waals surface area (Å²) in [6, 6.07) is 10.6. The van der Waals surface area contributed by atoms with E-state index in [-0.39, 0.29) is 0 Å². The first-order valence-electron chi connectivity index (χ1n) is 5.12. The van der Waals surface area contributed by atoms with Crippen molar-refractivity contribution in [2.24, 2.45) is 5.92 Å². The molecule has 0 amide bonds. The van der Waals surface area contributed by atoms with Crippen molar-refractivity contribution in [3.8, 4) is 0 Å². The molecule has 69 valence electrons. The molecule has 0 heterocycles. The summed E-state index contributed by atoms with van der Waals surface area (Å²) in [6.07, 6.45) is 3.93. The number of benzene rings is 1. The van der Waals surface area contributed by atoms with E-state index < -0.39 is 0 Å². The van der Waals surface area contributed by atoms with E-state index >= 15 is 0 Å². The molecule has 1 nitrogen and oxygen atoms in total. The Kier molecular flexibility index (Phi) is 2.98. The van der Waals surface area contributed by atoms with Gasteiger partial charge in [-0.2, -0.15) is 0 Å². The second kappa shape index (κ2) is 4.43. The first-order valence-corrected chi connectivity index (χ1v) is 5.12. The summed E-state index contributed by atoms with van der Waals surface area (Å²) in [6.45, 7) is 2.10. The molecule has 13 heavy (non-hydrogen) atoms. The Bertz CT molecular complexity index is 239. The maximum absolute atomic E-state index is 4.53. The highest BCUT2D eigenvalue weighted by Crippen LogP contribution is 2.27. The molecule has 1 aromatic rings. The van der Waals surface area contributed by atoms with Crippen LogP contribution in [0.1, 0.15) is 18.4 Å². The van der Waals surface area contributed by atoms with Crippen LogP contribution in [0.25, 0.3) is 0 Å². The van der Waals surface area contributed by atoms with Crippen molar-refractivity contribution in [1.82, 2.24) is 5.32 Å². The van der Waals surface area contributed by atoms with Gasteiger partial charge in [-0.1, -0.05) is 30.3 Å². The maximum Gasteiger partial charge on any atom is 0.0173 e. The monoisotopic (exact) mass is 174 g/mol.